The number of aromatic nitrogens is 1. The number of carbonyl (C=O) groups is 1. The highest BCUT2D eigenvalue weighted by molar-refractivity contribution is 7.89. The van der Waals surface area contributed by atoms with Crippen molar-refractivity contribution in [1.82, 2.24) is 14.6 Å². The lowest BCUT2D eigenvalue weighted by atomic mass is 10.0. The van der Waals surface area contributed by atoms with E-state index in [0.29, 0.717) is 24.5 Å². The van der Waals surface area contributed by atoms with Crippen molar-refractivity contribution in [2.75, 3.05) is 13.1 Å². The number of hydrogen-bond donors (Lipinski definition) is 1. The number of amides is 1. The molecule has 1 aliphatic heterocycles. The van der Waals surface area contributed by atoms with Crippen LogP contribution in [0.4, 0.5) is 0 Å². The second-order valence-corrected chi connectivity index (χ2v) is 9.54. The van der Waals surface area contributed by atoms with Crippen molar-refractivity contribution in [2.45, 2.75) is 31.2 Å². The highest BCUT2D eigenvalue weighted by Gasteiger charge is 2.62. The molecule has 4 rings (SSSR count). The van der Waals surface area contributed by atoms with E-state index in [1.807, 2.05) is 25.1 Å². The summed E-state index contributed by atoms with van der Waals surface area (Å²) in [6.45, 7) is 3.23. The van der Waals surface area contributed by atoms with Gasteiger partial charge in [0, 0.05) is 37.9 Å². The van der Waals surface area contributed by atoms with E-state index in [4.69, 9.17) is 0 Å². The van der Waals surface area contributed by atoms with Gasteiger partial charge >= 0.3 is 0 Å². The summed E-state index contributed by atoms with van der Waals surface area (Å²) in [5.41, 5.74) is 1.68. The van der Waals surface area contributed by atoms with Crippen molar-refractivity contribution in [3.8, 4) is 0 Å². The summed E-state index contributed by atoms with van der Waals surface area (Å²) in [7, 11) is -3.50. The van der Waals surface area contributed by atoms with Gasteiger partial charge in [-0.3, -0.25) is 9.78 Å². The summed E-state index contributed by atoms with van der Waals surface area (Å²) < 4.78 is 27.4. The molecule has 1 aromatic carbocycles. The first-order valence-corrected chi connectivity index (χ1v) is 10.6. The minimum atomic E-state index is -3.50. The molecule has 27 heavy (non-hydrogen) atoms. The van der Waals surface area contributed by atoms with Crippen molar-refractivity contribution in [1.29, 1.82) is 0 Å². The first-order valence-electron chi connectivity index (χ1n) is 9.14. The quantitative estimate of drug-likeness (QED) is 0.855. The third-order valence-corrected chi connectivity index (χ3v) is 7.51. The Kier molecular flexibility index (Phi) is 4.52. The molecule has 0 unspecified atom stereocenters. The molecule has 1 N–H and O–H groups in total. The maximum Gasteiger partial charge on any atom is 0.243 e. The predicted octanol–water partition coefficient (Wildman–Crippen LogP) is 2.11. The summed E-state index contributed by atoms with van der Waals surface area (Å²) >= 11 is 0. The number of nitrogens with one attached hydrogen (secondary N) is 1. The molecule has 1 aromatic heterocycles. The average Bonchev–Trinajstić information content (AvgIpc) is 3.19. The van der Waals surface area contributed by atoms with Gasteiger partial charge in [-0.2, -0.15) is 4.31 Å². The Hall–Kier alpha value is -2.25. The molecule has 2 fully saturated rings. The van der Waals surface area contributed by atoms with E-state index in [-0.39, 0.29) is 17.2 Å². The molecule has 2 heterocycles. The Bertz CT molecular complexity index is 961. The van der Waals surface area contributed by atoms with Gasteiger partial charge in [0.2, 0.25) is 15.9 Å². The fourth-order valence-electron chi connectivity index (χ4n) is 3.97. The third-order valence-electron chi connectivity index (χ3n) is 5.67. The fourth-order valence-corrected chi connectivity index (χ4v) is 5.61. The Balaban J connectivity index is 1.39. The Morgan fingerprint density at radius 1 is 1.33 bits per heavy atom. The van der Waals surface area contributed by atoms with Crippen LogP contribution < -0.4 is 5.32 Å². The van der Waals surface area contributed by atoms with Crippen LogP contribution in [0.15, 0.2) is 53.7 Å². The number of sulfonamides is 1. The van der Waals surface area contributed by atoms with Crippen molar-refractivity contribution in [3.63, 3.8) is 0 Å². The van der Waals surface area contributed by atoms with Crippen LogP contribution in [0.3, 0.4) is 0 Å². The lowest BCUT2D eigenvalue weighted by Gasteiger charge is -2.17. The van der Waals surface area contributed by atoms with Crippen LogP contribution in [0.1, 0.15) is 24.0 Å². The molecule has 7 heteroatoms. The van der Waals surface area contributed by atoms with E-state index in [9.17, 15) is 13.2 Å². The van der Waals surface area contributed by atoms with Gasteiger partial charge in [0.25, 0.3) is 0 Å². The minimum absolute atomic E-state index is 0.00802. The molecule has 2 atom stereocenters. The summed E-state index contributed by atoms with van der Waals surface area (Å²) in [4.78, 5) is 16.9. The molecule has 1 amide bonds. The summed E-state index contributed by atoms with van der Waals surface area (Å²) in [5.74, 6) is -0.0967. The number of rotatable bonds is 5. The predicted molar refractivity (Wildman–Crippen MR) is 101 cm³/mol. The smallest absolute Gasteiger partial charge is 0.243 e. The molecule has 1 saturated carbocycles. The maximum absolute atomic E-state index is 12.9. The molecule has 2 aliphatic rings. The first-order chi connectivity index (χ1) is 12.9. The fraction of sp³-hybridized carbons (Fsp3) is 0.400. The van der Waals surface area contributed by atoms with Crippen LogP contribution in [-0.2, 0) is 21.4 Å². The molecule has 1 spiro atoms. The second-order valence-electron chi connectivity index (χ2n) is 7.60. The molecular weight excluding hydrogens is 362 g/mol. The summed E-state index contributed by atoms with van der Waals surface area (Å²) in [5, 5.41) is 2.96. The van der Waals surface area contributed by atoms with E-state index >= 15 is 0 Å². The van der Waals surface area contributed by atoms with Crippen molar-refractivity contribution in [2.24, 2.45) is 11.3 Å². The number of hydrogen-bond acceptors (Lipinski definition) is 4. The number of nitrogens with zero attached hydrogens (tertiary/aromatic N) is 2. The maximum atomic E-state index is 12.9. The molecule has 0 radical (unpaired) electrons. The van der Waals surface area contributed by atoms with E-state index in [2.05, 4.69) is 10.3 Å². The number of aryl methyl sites for hydroxylation is 1. The third kappa shape index (κ3) is 3.49. The Labute approximate surface area is 159 Å². The van der Waals surface area contributed by atoms with E-state index < -0.39 is 10.0 Å². The number of pyridine rings is 1. The van der Waals surface area contributed by atoms with Crippen molar-refractivity contribution in [3.05, 3.63) is 59.9 Å². The van der Waals surface area contributed by atoms with Crippen molar-refractivity contribution < 1.29 is 13.2 Å². The molecular formula is C20H23N3O3S. The van der Waals surface area contributed by atoms with Crippen LogP contribution in [0.5, 0.6) is 0 Å². The van der Waals surface area contributed by atoms with Crippen LogP contribution in [0.2, 0.25) is 0 Å². The highest BCUT2D eigenvalue weighted by Crippen LogP contribution is 2.59. The topological polar surface area (TPSA) is 79.4 Å². The monoisotopic (exact) mass is 385 g/mol. The van der Waals surface area contributed by atoms with Gasteiger partial charge in [0.1, 0.15) is 0 Å². The zero-order valence-corrected chi connectivity index (χ0v) is 16.1. The van der Waals surface area contributed by atoms with Crippen LogP contribution in [0, 0.1) is 18.3 Å². The van der Waals surface area contributed by atoms with Crippen LogP contribution >= 0.6 is 0 Å². The largest absolute Gasteiger partial charge is 0.352 e. The number of carbonyl (C=O) groups excluding carboxylic acids is 1. The molecule has 6 nitrogen and oxygen atoms in total. The van der Waals surface area contributed by atoms with Gasteiger partial charge in [-0.15, -0.1) is 0 Å². The Morgan fingerprint density at radius 2 is 2.19 bits per heavy atom. The van der Waals surface area contributed by atoms with Crippen molar-refractivity contribution >= 4 is 15.9 Å². The molecule has 0 bridgehead atoms. The summed E-state index contributed by atoms with van der Waals surface area (Å²) in [6.07, 6.45) is 4.92. The molecule has 1 aliphatic carbocycles. The zero-order valence-electron chi connectivity index (χ0n) is 15.3. The normalized spacial score (nSPS) is 24.9. The standard InChI is InChI=1S/C20H23N3O3S/c1-15-4-2-6-17(10-15)27(25,26)23-9-7-20(14-23)11-18(20)19(24)22-13-16-5-3-8-21-12-16/h2-6,8,10,12,18H,7,9,11,13-14H2,1H3,(H,22,24)/t18-,20+/m1/s1. The molecule has 142 valence electrons. The van der Waals surface area contributed by atoms with Gasteiger partial charge < -0.3 is 5.32 Å². The molecule has 2 aromatic rings. The van der Waals surface area contributed by atoms with Crippen LogP contribution in [0.25, 0.3) is 0 Å². The van der Waals surface area contributed by atoms with Gasteiger partial charge in [-0.25, -0.2) is 8.42 Å². The lowest BCUT2D eigenvalue weighted by Crippen LogP contribution is -2.31. The van der Waals surface area contributed by atoms with E-state index in [1.54, 1.807) is 30.6 Å². The van der Waals surface area contributed by atoms with Gasteiger partial charge in [-0.1, -0.05) is 18.2 Å². The van der Waals surface area contributed by atoms with E-state index in [0.717, 1.165) is 24.0 Å². The second kappa shape index (κ2) is 6.73. The van der Waals surface area contributed by atoms with Crippen LogP contribution in [-0.4, -0.2) is 36.7 Å². The zero-order chi connectivity index (χ0) is 19.1. The van der Waals surface area contributed by atoms with E-state index in [1.165, 1.54) is 4.31 Å². The molecule has 1 saturated heterocycles. The minimum Gasteiger partial charge on any atom is -0.352 e. The summed E-state index contributed by atoms with van der Waals surface area (Å²) in [6, 6.07) is 10.7. The SMILES string of the molecule is Cc1cccc(S(=O)(=O)N2CC[C@]3(C[C@@H]3C(=O)NCc3cccnc3)C2)c1. The number of benzene rings is 1. The van der Waals surface area contributed by atoms with Gasteiger partial charge in [0.05, 0.1) is 4.90 Å². The first kappa shape index (κ1) is 18.1. The van der Waals surface area contributed by atoms with Gasteiger partial charge in [0.15, 0.2) is 0 Å². The highest BCUT2D eigenvalue weighted by atomic mass is 32.2. The van der Waals surface area contributed by atoms with Gasteiger partial charge in [-0.05, 0) is 54.5 Å². The lowest BCUT2D eigenvalue weighted by molar-refractivity contribution is -0.123. The average molecular weight is 385 g/mol. The Morgan fingerprint density at radius 3 is 2.93 bits per heavy atom.